The third-order valence-electron chi connectivity index (χ3n) is 3.35. The van der Waals surface area contributed by atoms with E-state index in [1.54, 1.807) is 7.11 Å². The molecule has 0 unspecified atom stereocenters. The highest BCUT2D eigenvalue weighted by molar-refractivity contribution is 6.30. The summed E-state index contributed by atoms with van der Waals surface area (Å²) in [6.07, 6.45) is 5.25. The molecule has 1 fully saturated rings. The summed E-state index contributed by atoms with van der Waals surface area (Å²) in [5.41, 5.74) is 1.18. The van der Waals surface area contributed by atoms with E-state index in [4.69, 9.17) is 21.1 Å². The molecular formula is C14H19ClO2. The maximum Gasteiger partial charge on any atom is 0.0720 e. The van der Waals surface area contributed by atoms with Crippen LogP contribution in [0.15, 0.2) is 24.3 Å². The van der Waals surface area contributed by atoms with Crippen LogP contribution in [0, 0.1) is 0 Å². The molecule has 0 aliphatic heterocycles. The number of hydrogen-bond donors (Lipinski definition) is 0. The van der Waals surface area contributed by atoms with Gasteiger partial charge in [0.05, 0.1) is 18.8 Å². The second-order valence-corrected chi connectivity index (χ2v) is 5.01. The summed E-state index contributed by atoms with van der Waals surface area (Å²) >= 11 is 5.84. The van der Waals surface area contributed by atoms with Crippen LogP contribution >= 0.6 is 11.6 Å². The molecule has 1 saturated carbocycles. The topological polar surface area (TPSA) is 18.5 Å². The predicted octanol–water partition coefficient (Wildman–Crippen LogP) is 3.81. The molecular weight excluding hydrogens is 236 g/mol. The molecule has 0 bridgehead atoms. The van der Waals surface area contributed by atoms with Gasteiger partial charge in [-0.3, -0.25) is 0 Å². The van der Waals surface area contributed by atoms with Gasteiger partial charge in [0.25, 0.3) is 0 Å². The summed E-state index contributed by atoms with van der Waals surface area (Å²) in [7, 11) is 1.79. The first-order valence-corrected chi connectivity index (χ1v) is 6.54. The number of ether oxygens (including phenoxy) is 2. The van der Waals surface area contributed by atoms with E-state index in [1.165, 1.54) is 5.56 Å². The van der Waals surface area contributed by atoms with Gasteiger partial charge in [-0.1, -0.05) is 23.7 Å². The molecule has 1 aliphatic rings. The second-order valence-electron chi connectivity index (χ2n) is 4.57. The minimum Gasteiger partial charge on any atom is -0.381 e. The van der Waals surface area contributed by atoms with Crippen LogP contribution in [0.1, 0.15) is 31.2 Å². The van der Waals surface area contributed by atoms with Gasteiger partial charge in [0.1, 0.15) is 0 Å². The fraction of sp³-hybridized carbons (Fsp3) is 0.571. The average molecular weight is 255 g/mol. The lowest BCUT2D eigenvalue weighted by Gasteiger charge is -2.27. The Morgan fingerprint density at radius 3 is 2.24 bits per heavy atom. The molecule has 2 nitrogen and oxygen atoms in total. The Morgan fingerprint density at radius 1 is 1.06 bits per heavy atom. The van der Waals surface area contributed by atoms with Gasteiger partial charge in [0.15, 0.2) is 0 Å². The summed E-state index contributed by atoms with van der Waals surface area (Å²) in [5.74, 6) is 0. The van der Waals surface area contributed by atoms with E-state index < -0.39 is 0 Å². The van der Waals surface area contributed by atoms with Crippen molar-refractivity contribution in [2.75, 3.05) is 7.11 Å². The van der Waals surface area contributed by atoms with Crippen molar-refractivity contribution >= 4 is 11.6 Å². The average Bonchev–Trinajstić information content (AvgIpc) is 2.39. The molecule has 0 saturated heterocycles. The third kappa shape index (κ3) is 3.98. The fourth-order valence-electron chi connectivity index (χ4n) is 2.23. The summed E-state index contributed by atoms with van der Waals surface area (Å²) in [6.45, 7) is 0.680. The highest BCUT2D eigenvalue weighted by Gasteiger charge is 2.20. The Morgan fingerprint density at radius 2 is 1.65 bits per heavy atom. The Hall–Kier alpha value is -0.570. The van der Waals surface area contributed by atoms with Crippen LogP contribution in [0.3, 0.4) is 0 Å². The number of methoxy groups -OCH3 is 1. The Kier molecular flexibility index (Phi) is 4.84. The third-order valence-corrected chi connectivity index (χ3v) is 3.61. The minimum atomic E-state index is 0.386. The van der Waals surface area contributed by atoms with Gasteiger partial charge < -0.3 is 9.47 Å². The molecule has 0 radical (unpaired) electrons. The Bertz CT molecular complexity index is 329. The molecule has 0 N–H and O–H groups in total. The molecule has 0 spiro atoms. The van der Waals surface area contributed by atoms with Crippen LogP contribution in [0.5, 0.6) is 0 Å². The van der Waals surface area contributed by atoms with E-state index >= 15 is 0 Å². The van der Waals surface area contributed by atoms with Crippen molar-refractivity contribution in [2.24, 2.45) is 0 Å². The zero-order chi connectivity index (χ0) is 12.1. The van der Waals surface area contributed by atoms with E-state index in [0.717, 1.165) is 30.7 Å². The van der Waals surface area contributed by atoms with Gasteiger partial charge in [0.2, 0.25) is 0 Å². The lowest BCUT2D eigenvalue weighted by Crippen LogP contribution is -2.25. The van der Waals surface area contributed by atoms with Gasteiger partial charge in [-0.15, -0.1) is 0 Å². The lowest BCUT2D eigenvalue weighted by molar-refractivity contribution is -0.0235. The van der Waals surface area contributed by atoms with Crippen molar-refractivity contribution in [1.82, 2.24) is 0 Å². The predicted molar refractivity (Wildman–Crippen MR) is 69.3 cm³/mol. The molecule has 1 aliphatic carbocycles. The number of benzene rings is 1. The van der Waals surface area contributed by atoms with Gasteiger partial charge in [0, 0.05) is 12.1 Å². The summed E-state index contributed by atoms with van der Waals surface area (Å²) in [4.78, 5) is 0. The molecule has 2 rings (SSSR count). The van der Waals surface area contributed by atoms with E-state index in [-0.39, 0.29) is 0 Å². The van der Waals surface area contributed by atoms with Gasteiger partial charge >= 0.3 is 0 Å². The largest absolute Gasteiger partial charge is 0.381 e. The lowest BCUT2D eigenvalue weighted by atomic mass is 9.95. The standard InChI is InChI=1S/C14H19ClO2/c1-16-13-6-8-14(9-7-13)17-10-11-2-4-12(15)5-3-11/h2-5,13-14H,6-10H2,1H3. The Balaban J connectivity index is 1.74. The smallest absolute Gasteiger partial charge is 0.0720 e. The van der Waals surface area contributed by atoms with Crippen molar-refractivity contribution in [3.8, 4) is 0 Å². The van der Waals surface area contributed by atoms with Crippen molar-refractivity contribution in [1.29, 1.82) is 0 Å². The van der Waals surface area contributed by atoms with Crippen LogP contribution in [-0.2, 0) is 16.1 Å². The van der Waals surface area contributed by atoms with Crippen LogP contribution in [-0.4, -0.2) is 19.3 Å². The first-order valence-electron chi connectivity index (χ1n) is 6.17. The van der Waals surface area contributed by atoms with Crippen LogP contribution in [0.25, 0.3) is 0 Å². The maximum absolute atomic E-state index is 5.90. The maximum atomic E-state index is 5.90. The van der Waals surface area contributed by atoms with Crippen LogP contribution in [0.4, 0.5) is 0 Å². The van der Waals surface area contributed by atoms with E-state index in [9.17, 15) is 0 Å². The molecule has 1 aromatic rings. The SMILES string of the molecule is COC1CCC(OCc2ccc(Cl)cc2)CC1. The first kappa shape index (κ1) is 12.9. The minimum absolute atomic E-state index is 0.386. The molecule has 0 aromatic heterocycles. The highest BCUT2D eigenvalue weighted by Crippen LogP contribution is 2.24. The second kappa shape index (κ2) is 6.39. The van der Waals surface area contributed by atoms with Gasteiger partial charge in [-0.05, 0) is 43.4 Å². The monoisotopic (exact) mass is 254 g/mol. The van der Waals surface area contributed by atoms with Crippen molar-refractivity contribution in [3.05, 3.63) is 34.9 Å². The van der Waals surface area contributed by atoms with Crippen LogP contribution in [0.2, 0.25) is 5.02 Å². The number of halogens is 1. The van der Waals surface area contributed by atoms with Crippen molar-refractivity contribution in [2.45, 2.75) is 44.5 Å². The molecule has 94 valence electrons. The van der Waals surface area contributed by atoms with Gasteiger partial charge in [-0.25, -0.2) is 0 Å². The zero-order valence-corrected chi connectivity index (χ0v) is 11.0. The zero-order valence-electron chi connectivity index (χ0n) is 10.2. The molecule has 17 heavy (non-hydrogen) atoms. The van der Waals surface area contributed by atoms with E-state index in [0.29, 0.717) is 18.8 Å². The van der Waals surface area contributed by atoms with E-state index in [1.807, 2.05) is 24.3 Å². The number of hydrogen-bond acceptors (Lipinski definition) is 2. The molecule has 0 heterocycles. The highest BCUT2D eigenvalue weighted by atomic mass is 35.5. The fourth-order valence-corrected chi connectivity index (χ4v) is 2.36. The number of rotatable bonds is 4. The normalized spacial score (nSPS) is 24.8. The van der Waals surface area contributed by atoms with Crippen molar-refractivity contribution in [3.63, 3.8) is 0 Å². The molecule has 0 atom stereocenters. The van der Waals surface area contributed by atoms with Gasteiger partial charge in [-0.2, -0.15) is 0 Å². The Labute approximate surface area is 108 Å². The molecule has 3 heteroatoms. The van der Waals surface area contributed by atoms with E-state index in [2.05, 4.69) is 0 Å². The first-order chi connectivity index (χ1) is 8.28. The summed E-state index contributed by atoms with van der Waals surface area (Å²) < 4.78 is 11.2. The van der Waals surface area contributed by atoms with Crippen molar-refractivity contribution < 1.29 is 9.47 Å². The molecule has 0 amide bonds. The van der Waals surface area contributed by atoms with Crippen LogP contribution < -0.4 is 0 Å². The summed E-state index contributed by atoms with van der Waals surface area (Å²) in [5, 5.41) is 0.773. The quantitative estimate of drug-likeness (QED) is 0.813. The summed E-state index contributed by atoms with van der Waals surface area (Å²) in [6, 6.07) is 7.84. The molecule has 1 aromatic carbocycles.